The summed E-state index contributed by atoms with van der Waals surface area (Å²) < 4.78 is 44.3. The predicted octanol–water partition coefficient (Wildman–Crippen LogP) is 10.9. The lowest BCUT2D eigenvalue weighted by atomic mass is 10.1. The van der Waals surface area contributed by atoms with E-state index in [9.17, 15) is 38.2 Å². The van der Waals surface area contributed by atoms with Crippen molar-refractivity contribution in [1.82, 2.24) is 28.7 Å². The van der Waals surface area contributed by atoms with Crippen molar-refractivity contribution in [1.29, 1.82) is 0 Å². The number of rotatable bonds is 8. The quantitative estimate of drug-likeness (QED) is 0.0639. The van der Waals surface area contributed by atoms with E-state index in [1.54, 1.807) is 42.5 Å². The minimum absolute atomic E-state index is 0. The van der Waals surface area contributed by atoms with E-state index >= 15 is 0 Å². The van der Waals surface area contributed by atoms with Gasteiger partial charge in [-0.3, -0.25) is 25.0 Å². The number of aromatic nitrogens is 6. The number of aryl methyl sites for hydroxylation is 1. The van der Waals surface area contributed by atoms with Gasteiger partial charge >= 0.3 is 6.18 Å². The molecule has 22 heteroatoms. The average molecular weight is 971 g/mol. The molecule has 1 amide bonds. The summed E-state index contributed by atoms with van der Waals surface area (Å²) in [6.07, 6.45) is 6.77. The van der Waals surface area contributed by atoms with Gasteiger partial charge in [-0.2, -0.15) is 13.2 Å². The molecule has 0 saturated heterocycles. The Balaban J connectivity index is 0.000000215. The lowest BCUT2D eigenvalue weighted by molar-refractivity contribution is -0.384. The van der Waals surface area contributed by atoms with Crippen molar-refractivity contribution < 1.29 is 32.6 Å². The molecule has 4 aromatic carbocycles. The van der Waals surface area contributed by atoms with Crippen molar-refractivity contribution in [3.05, 3.63) is 207 Å². The van der Waals surface area contributed by atoms with E-state index in [0.717, 1.165) is 40.2 Å². The minimum atomic E-state index is -4.58. The molecule has 5 aromatic heterocycles. The van der Waals surface area contributed by atoms with Gasteiger partial charge in [0.05, 0.1) is 44.3 Å². The van der Waals surface area contributed by atoms with Crippen LogP contribution in [0.5, 0.6) is 0 Å². The number of benzene rings is 4. The smallest absolute Gasteiger partial charge is 0.393 e. The lowest BCUT2D eigenvalue weighted by Gasteiger charge is -2.11. The Morgan fingerprint density at radius 3 is 1.79 bits per heavy atom. The van der Waals surface area contributed by atoms with E-state index in [-0.39, 0.29) is 40.7 Å². The van der Waals surface area contributed by atoms with Crippen LogP contribution in [0, 0.1) is 27.2 Å². The second-order valence-electron chi connectivity index (χ2n) is 14.0. The molecular weight excluding hydrogens is 930 g/mol. The molecule has 0 radical (unpaired) electrons. The number of nitro benzene ring substituents is 2. The number of aromatic amines is 1. The Hall–Kier alpha value is -8.30. The number of H-pyrrole nitrogens is 1. The number of nitro groups is 2. The first-order valence-corrected chi connectivity index (χ1v) is 20.0. The average Bonchev–Trinajstić information content (AvgIpc) is 4.16. The van der Waals surface area contributed by atoms with Crippen LogP contribution >= 0.6 is 24.0 Å². The first kappa shape index (κ1) is 50.7. The Morgan fingerprint density at radius 1 is 0.750 bits per heavy atom. The number of nitrogens with one attached hydrogen (secondary N) is 2. The molecular formula is C46H40Cl2F3N11O6. The molecule has 0 atom stereocenters. The first-order valence-electron chi connectivity index (χ1n) is 19.6. The SMILES string of the molecule is CON.Cc1nc(C(F)(F)F)ccc1C(=O)Nc1ccc(Cl)c(-c2nc3ccc(-n4cccc4)cc3[nH]2)c1.Cl.Nc1cc(-n2cccc2)ccc1[N+](=O)[O-].O=[N+]([O-])c1ccc(-n2cccc2)cc1. The van der Waals surface area contributed by atoms with Crippen molar-refractivity contribution in [2.24, 2.45) is 5.90 Å². The molecule has 0 unspecified atom stereocenters. The fourth-order valence-electron chi connectivity index (χ4n) is 6.36. The molecule has 9 rings (SSSR count). The third-order valence-electron chi connectivity index (χ3n) is 9.54. The highest BCUT2D eigenvalue weighted by molar-refractivity contribution is 6.33. The van der Waals surface area contributed by atoms with Crippen LogP contribution in [0.2, 0.25) is 5.02 Å². The van der Waals surface area contributed by atoms with Crippen molar-refractivity contribution in [3.63, 3.8) is 0 Å². The number of carbonyl (C=O) groups excluding carboxylic acids is 1. The van der Waals surface area contributed by atoms with Crippen LogP contribution in [-0.2, 0) is 11.0 Å². The third kappa shape index (κ3) is 12.7. The summed E-state index contributed by atoms with van der Waals surface area (Å²) in [5, 5.41) is 24.0. The molecule has 0 aliphatic carbocycles. The largest absolute Gasteiger partial charge is 0.433 e. The van der Waals surface area contributed by atoms with E-state index in [4.69, 9.17) is 17.3 Å². The van der Waals surface area contributed by atoms with Gasteiger partial charge in [0.2, 0.25) is 0 Å². The number of pyridine rings is 1. The van der Waals surface area contributed by atoms with Crippen molar-refractivity contribution >= 4 is 63.7 Å². The van der Waals surface area contributed by atoms with E-state index in [1.165, 1.54) is 32.2 Å². The molecule has 0 bridgehead atoms. The fraction of sp³-hybridized carbons (Fsp3) is 0.0652. The number of halogens is 5. The summed E-state index contributed by atoms with van der Waals surface area (Å²) >= 11 is 6.42. The van der Waals surface area contributed by atoms with Gasteiger partial charge in [-0.1, -0.05) is 11.6 Å². The van der Waals surface area contributed by atoms with E-state index in [1.807, 2.05) is 105 Å². The molecule has 0 fully saturated rings. The van der Waals surface area contributed by atoms with E-state index < -0.39 is 27.6 Å². The number of carbonyl (C=O) groups is 1. The molecule has 5 heterocycles. The summed E-state index contributed by atoms with van der Waals surface area (Å²) in [6.45, 7) is 1.35. The van der Waals surface area contributed by atoms with Gasteiger partial charge < -0.3 is 34.6 Å². The molecule has 0 saturated carbocycles. The highest BCUT2D eigenvalue weighted by Gasteiger charge is 2.33. The normalized spacial score (nSPS) is 10.6. The second-order valence-corrected chi connectivity index (χ2v) is 14.5. The highest BCUT2D eigenvalue weighted by Crippen LogP contribution is 2.32. The maximum absolute atomic E-state index is 12.9. The predicted molar refractivity (Wildman–Crippen MR) is 255 cm³/mol. The Labute approximate surface area is 396 Å². The van der Waals surface area contributed by atoms with Crippen LogP contribution < -0.4 is 16.9 Å². The van der Waals surface area contributed by atoms with Crippen molar-refractivity contribution in [3.8, 4) is 28.5 Å². The number of anilines is 2. The first-order chi connectivity index (χ1) is 32.1. The molecule has 0 aliphatic heterocycles. The van der Waals surface area contributed by atoms with E-state index in [2.05, 4.69) is 31.0 Å². The number of amides is 1. The van der Waals surface area contributed by atoms with Gasteiger partial charge in [-0.25, -0.2) is 15.9 Å². The number of non-ortho nitro benzene ring substituents is 1. The van der Waals surface area contributed by atoms with Crippen LogP contribution in [0.15, 0.2) is 165 Å². The topological polar surface area (TPSA) is 233 Å². The molecule has 0 aliphatic rings. The monoisotopic (exact) mass is 969 g/mol. The molecule has 6 N–H and O–H groups in total. The lowest BCUT2D eigenvalue weighted by Crippen LogP contribution is -2.16. The second kappa shape index (κ2) is 22.7. The number of hydrogen-bond donors (Lipinski definition) is 4. The zero-order valence-corrected chi connectivity index (χ0v) is 37.3. The van der Waals surface area contributed by atoms with Crippen molar-refractivity contribution in [2.45, 2.75) is 13.1 Å². The summed E-state index contributed by atoms with van der Waals surface area (Å²) in [5.41, 5.74) is 9.96. The minimum Gasteiger partial charge on any atom is -0.393 e. The summed E-state index contributed by atoms with van der Waals surface area (Å²) in [7, 11) is 1.40. The van der Waals surface area contributed by atoms with Gasteiger partial charge in [-0.15, -0.1) is 12.4 Å². The standard InChI is InChI=1S/C25H17ClF3N5O.C10H9N3O2.C10H8N2O2.CH5NO.ClH/c1-14-17(6-9-22(30-14)25(27,28)29)24(35)31-15-4-7-19(26)18(12-15)23-32-20-8-5-16(13-21(20)33-23)34-10-2-3-11-34;11-9-7-8(12-5-1-2-6-12)3-4-10(9)13(14)15;13-12(14)10-5-3-9(4-6-10)11-7-1-2-8-11;1-3-2;/h2-13H,1H3,(H,31,35)(H,32,33);1-7H,11H2;1-8H;2H2,1H3;1H. The number of fused-ring (bicyclic) bond motifs is 1. The molecule has 68 heavy (non-hydrogen) atoms. The van der Waals surface area contributed by atoms with Crippen LogP contribution in [0.25, 0.3) is 39.5 Å². The van der Waals surface area contributed by atoms with Crippen LogP contribution in [0.3, 0.4) is 0 Å². The summed E-state index contributed by atoms with van der Waals surface area (Å²) in [6, 6.07) is 35.1. The molecule has 17 nitrogen and oxygen atoms in total. The van der Waals surface area contributed by atoms with Gasteiger partial charge in [0.15, 0.2) is 0 Å². The van der Waals surface area contributed by atoms with E-state index in [0.29, 0.717) is 22.1 Å². The number of alkyl halides is 3. The van der Waals surface area contributed by atoms with Gasteiger partial charge in [0, 0.05) is 83.7 Å². The number of hydrogen-bond acceptors (Lipinski definition) is 10. The molecule has 0 spiro atoms. The third-order valence-corrected chi connectivity index (χ3v) is 9.87. The van der Waals surface area contributed by atoms with Gasteiger partial charge in [0.25, 0.3) is 17.3 Å². The number of nitrogens with two attached hydrogens (primary N) is 2. The van der Waals surface area contributed by atoms with Crippen LogP contribution in [0.4, 0.5) is 35.9 Å². The number of imidazole rings is 1. The number of nitrogens with zero attached hydrogens (tertiary/aromatic N) is 7. The highest BCUT2D eigenvalue weighted by atomic mass is 35.5. The van der Waals surface area contributed by atoms with Crippen LogP contribution in [0.1, 0.15) is 21.7 Å². The summed E-state index contributed by atoms with van der Waals surface area (Å²) in [5.74, 6) is 4.27. The van der Waals surface area contributed by atoms with Gasteiger partial charge in [-0.05, 0) is 116 Å². The van der Waals surface area contributed by atoms with Crippen molar-refractivity contribution in [2.75, 3.05) is 18.2 Å². The Bertz CT molecular complexity index is 3110. The Kier molecular flexibility index (Phi) is 17.0. The maximum Gasteiger partial charge on any atom is 0.433 e. The maximum atomic E-state index is 12.9. The Morgan fingerprint density at radius 2 is 1.28 bits per heavy atom. The summed E-state index contributed by atoms with van der Waals surface area (Å²) in [4.78, 5) is 47.9. The zero-order valence-electron chi connectivity index (χ0n) is 35.7. The van der Waals surface area contributed by atoms with Gasteiger partial charge in [0.1, 0.15) is 17.2 Å². The van der Waals surface area contributed by atoms with Crippen LogP contribution in [-0.4, -0.2) is 51.5 Å². The molecule has 350 valence electrons. The molecule has 9 aromatic rings. The zero-order chi connectivity index (χ0) is 48.3. The fourth-order valence-corrected chi connectivity index (χ4v) is 6.57. The number of nitrogen functional groups attached to an aromatic ring is 1.